The predicted octanol–water partition coefficient (Wildman–Crippen LogP) is 2.38. The van der Waals surface area contributed by atoms with Gasteiger partial charge in [-0.1, -0.05) is 13.3 Å². The maximum Gasteiger partial charge on any atom is 0.225 e. The molecule has 3 rings (SSSR count). The van der Waals surface area contributed by atoms with Crippen molar-refractivity contribution in [3.05, 3.63) is 0 Å². The van der Waals surface area contributed by atoms with Crippen LogP contribution in [0.2, 0.25) is 0 Å². The van der Waals surface area contributed by atoms with Crippen LogP contribution < -0.4 is 11.1 Å². The SMILES string of the molecule is CCC1CCCN(C(C)(C)CNC(=O)C2C3CCC(C3)C2N)C1. The van der Waals surface area contributed by atoms with Gasteiger partial charge in [-0.05, 0) is 70.3 Å². The van der Waals surface area contributed by atoms with Crippen molar-refractivity contribution in [2.45, 2.75) is 70.9 Å². The standard InChI is InChI=1S/C19H35N3O/c1-4-13-6-5-9-22(11-13)19(2,3)12-21-18(23)16-14-7-8-15(10-14)17(16)20/h13-17H,4-12,20H2,1-3H3,(H,21,23). The summed E-state index contributed by atoms with van der Waals surface area (Å²) >= 11 is 0. The van der Waals surface area contributed by atoms with Crippen LogP contribution in [0.5, 0.6) is 0 Å². The quantitative estimate of drug-likeness (QED) is 0.817. The number of nitrogens with two attached hydrogens (primary N) is 1. The van der Waals surface area contributed by atoms with Crippen LogP contribution in [0.3, 0.4) is 0 Å². The van der Waals surface area contributed by atoms with Gasteiger partial charge in [0.15, 0.2) is 0 Å². The van der Waals surface area contributed by atoms with Gasteiger partial charge in [0.2, 0.25) is 5.91 Å². The zero-order valence-electron chi connectivity index (χ0n) is 15.2. The summed E-state index contributed by atoms with van der Waals surface area (Å²) in [7, 11) is 0. The van der Waals surface area contributed by atoms with Crippen molar-refractivity contribution >= 4 is 5.91 Å². The van der Waals surface area contributed by atoms with Crippen molar-refractivity contribution in [3.8, 4) is 0 Å². The van der Waals surface area contributed by atoms with Crippen molar-refractivity contribution < 1.29 is 4.79 Å². The van der Waals surface area contributed by atoms with Gasteiger partial charge < -0.3 is 11.1 Å². The molecule has 1 amide bonds. The van der Waals surface area contributed by atoms with Crippen LogP contribution in [0, 0.1) is 23.7 Å². The molecule has 1 heterocycles. The first-order valence-corrected chi connectivity index (χ1v) is 9.70. The monoisotopic (exact) mass is 321 g/mol. The number of hydrogen-bond donors (Lipinski definition) is 2. The molecule has 3 N–H and O–H groups in total. The fourth-order valence-electron chi connectivity index (χ4n) is 5.21. The highest BCUT2D eigenvalue weighted by Gasteiger charge is 2.49. The predicted molar refractivity (Wildman–Crippen MR) is 94.0 cm³/mol. The molecule has 23 heavy (non-hydrogen) atoms. The zero-order chi connectivity index (χ0) is 16.6. The van der Waals surface area contributed by atoms with Gasteiger partial charge in [-0.2, -0.15) is 0 Å². The molecule has 0 aromatic rings. The molecule has 0 aromatic carbocycles. The molecule has 1 aliphatic heterocycles. The number of nitrogens with one attached hydrogen (secondary N) is 1. The molecule has 5 unspecified atom stereocenters. The van der Waals surface area contributed by atoms with Crippen molar-refractivity contribution in [2.75, 3.05) is 19.6 Å². The summed E-state index contributed by atoms with van der Waals surface area (Å²) in [5.41, 5.74) is 6.35. The molecule has 2 bridgehead atoms. The van der Waals surface area contributed by atoms with E-state index in [1.165, 1.54) is 45.1 Å². The smallest absolute Gasteiger partial charge is 0.225 e. The van der Waals surface area contributed by atoms with Gasteiger partial charge in [-0.3, -0.25) is 9.69 Å². The summed E-state index contributed by atoms with van der Waals surface area (Å²) in [6.07, 6.45) is 7.51. The van der Waals surface area contributed by atoms with Crippen molar-refractivity contribution in [3.63, 3.8) is 0 Å². The van der Waals surface area contributed by atoms with Crippen LogP contribution in [0.15, 0.2) is 0 Å². The molecule has 1 saturated heterocycles. The number of carbonyl (C=O) groups is 1. The number of carbonyl (C=O) groups excluding carboxylic acids is 1. The molecule has 5 atom stereocenters. The molecule has 0 spiro atoms. The summed E-state index contributed by atoms with van der Waals surface area (Å²) in [6.45, 7) is 9.90. The summed E-state index contributed by atoms with van der Waals surface area (Å²) in [4.78, 5) is 15.3. The van der Waals surface area contributed by atoms with E-state index in [1.807, 2.05) is 0 Å². The topological polar surface area (TPSA) is 58.4 Å². The van der Waals surface area contributed by atoms with Gasteiger partial charge in [-0.15, -0.1) is 0 Å². The first-order valence-electron chi connectivity index (χ1n) is 9.70. The number of hydrogen-bond acceptors (Lipinski definition) is 3. The van der Waals surface area contributed by atoms with Crippen LogP contribution in [-0.4, -0.2) is 42.0 Å². The summed E-state index contributed by atoms with van der Waals surface area (Å²) in [6, 6.07) is 0.0938. The highest BCUT2D eigenvalue weighted by Crippen LogP contribution is 2.47. The van der Waals surface area contributed by atoms with Gasteiger partial charge >= 0.3 is 0 Å². The summed E-state index contributed by atoms with van der Waals surface area (Å²) < 4.78 is 0. The van der Waals surface area contributed by atoms with Crippen LogP contribution in [0.1, 0.15) is 59.3 Å². The number of rotatable bonds is 5. The first kappa shape index (κ1) is 17.2. The molecule has 4 heteroatoms. The Balaban J connectivity index is 1.53. The van der Waals surface area contributed by atoms with E-state index in [0.29, 0.717) is 11.8 Å². The molecular weight excluding hydrogens is 286 g/mol. The Morgan fingerprint density at radius 1 is 1.26 bits per heavy atom. The van der Waals surface area contributed by atoms with E-state index in [1.54, 1.807) is 0 Å². The highest BCUT2D eigenvalue weighted by atomic mass is 16.2. The number of nitrogens with zero attached hydrogens (tertiary/aromatic N) is 1. The molecular formula is C19H35N3O. The zero-order valence-corrected chi connectivity index (χ0v) is 15.2. The largest absolute Gasteiger partial charge is 0.354 e. The second-order valence-electron chi connectivity index (χ2n) is 8.83. The molecule has 4 nitrogen and oxygen atoms in total. The lowest BCUT2D eigenvalue weighted by Gasteiger charge is -2.44. The highest BCUT2D eigenvalue weighted by molar-refractivity contribution is 5.80. The Labute approximate surface area is 141 Å². The Hall–Kier alpha value is -0.610. The van der Waals surface area contributed by atoms with Crippen molar-refractivity contribution in [2.24, 2.45) is 29.4 Å². The maximum absolute atomic E-state index is 12.7. The summed E-state index contributed by atoms with van der Waals surface area (Å²) in [5.74, 6) is 2.22. The number of piperidine rings is 1. The third-order valence-corrected chi connectivity index (χ3v) is 6.93. The van der Waals surface area contributed by atoms with E-state index in [-0.39, 0.29) is 23.4 Å². The lowest BCUT2D eigenvalue weighted by molar-refractivity contribution is -0.127. The molecule has 2 saturated carbocycles. The van der Waals surface area contributed by atoms with Crippen molar-refractivity contribution in [1.82, 2.24) is 10.2 Å². The lowest BCUT2D eigenvalue weighted by atomic mass is 9.84. The van der Waals surface area contributed by atoms with Gasteiger partial charge in [0.05, 0.1) is 5.92 Å². The van der Waals surface area contributed by atoms with E-state index in [4.69, 9.17) is 5.73 Å². The van der Waals surface area contributed by atoms with Gasteiger partial charge in [-0.25, -0.2) is 0 Å². The second-order valence-corrected chi connectivity index (χ2v) is 8.83. The van der Waals surface area contributed by atoms with Gasteiger partial charge in [0.25, 0.3) is 0 Å². The number of likely N-dealkylation sites (tertiary alicyclic amines) is 1. The first-order chi connectivity index (χ1) is 10.9. The minimum absolute atomic E-state index is 0.0330. The second kappa shape index (κ2) is 6.72. The molecule has 0 aromatic heterocycles. The Kier molecular flexibility index (Phi) is 5.03. The van der Waals surface area contributed by atoms with E-state index in [0.717, 1.165) is 19.0 Å². The maximum atomic E-state index is 12.7. The Bertz CT molecular complexity index is 434. The molecule has 0 radical (unpaired) electrons. The molecule has 2 aliphatic carbocycles. The summed E-state index contributed by atoms with van der Waals surface area (Å²) in [5, 5.41) is 3.25. The average Bonchev–Trinajstić information content (AvgIpc) is 3.14. The van der Waals surface area contributed by atoms with Crippen LogP contribution in [0.4, 0.5) is 0 Å². The van der Waals surface area contributed by atoms with E-state index in [9.17, 15) is 4.79 Å². The molecule has 3 fully saturated rings. The van der Waals surface area contributed by atoms with Gasteiger partial charge in [0.1, 0.15) is 0 Å². The van der Waals surface area contributed by atoms with Crippen LogP contribution in [-0.2, 0) is 4.79 Å². The van der Waals surface area contributed by atoms with Crippen LogP contribution >= 0.6 is 0 Å². The van der Waals surface area contributed by atoms with E-state index >= 15 is 0 Å². The number of amides is 1. The van der Waals surface area contributed by atoms with E-state index < -0.39 is 0 Å². The van der Waals surface area contributed by atoms with E-state index in [2.05, 4.69) is 31.0 Å². The van der Waals surface area contributed by atoms with Crippen molar-refractivity contribution in [1.29, 1.82) is 0 Å². The lowest BCUT2D eigenvalue weighted by Crippen LogP contribution is -2.56. The fraction of sp³-hybridized carbons (Fsp3) is 0.947. The fourth-order valence-corrected chi connectivity index (χ4v) is 5.21. The van der Waals surface area contributed by atoms with Gasteiger partial charge in [0, 0.05) is 24.7 Å². The Morgan fingerprint density at radius 3 is 2.65 bits per heavy atom. The van der Waals surface area contributed by atoms with Crippen LogP contribution in [0.25, 0.3) is 0 Å². The normalized spacial score (nSPS) is 38.0. The third-order valence-electron chi connectivity index (χ3n) is 6.93. The number of fused-ring (bicyclic) bond motifs is 2. The molecule has 3 aliphatic rings. The molecule has 132 valence electrons. The Morgan fingerprint density at radius 2 is 2.00 bits per heavy atom. The minimum atomic E-state index is 0.0330. The minimum Gasteiger partial charge on any atom is -0.354 e. The average molecular weight is 322 g/mol. The third kappa shape index (κ3) is 3.43.